The highest BCUT2D eigenvalue weighted by molar-refractivity contribution is 6.24. The molecule has 1 rings (SSSR count). The number of hydrogen-bond acceptors (Lipinski definition) is 0. The lowest BCUT2D eigenvalue weighted by Gasteiger charge is -2.02. The summed E-state index contributed by atoms with van der Waals surface area (Å²) in [4.78, 5) is 0. The van der Waals surface area contributed by atoms with E-state index in [9.17, 15) is 0 Å². The third-order valence-electron chi connectivity index (χ3n) is 1.96. The molecule has 0 radical (unpaired) electrons. The van der Waals surface area contributed by atoms with E-state index in [1.54, 1.807) is 0 Å². The van der Waals surface area contributed by atoms with Gasteiger partial charge in [-0.25, -0.2) is 0 Å². The largest absolute Gasteiger partial charge is 0.0914 e. The number of hydrogen-bond donors (Lipinski definition) is 0. The average molecular weight is 162 g/mol. The zero-order valence-corrected chi connectivity index (χ0v) is 9.39. The van der Waals surface area contributed by atoms with Gasteiger partial charge in [0.2, 0.25) is 0 Å². The van der Waals surface area contributed by atoms with Gasteiger partial charge in [0.05, 0.1) is 0 Å². The van der Waals surface area contributed by atoms with E-state index in [4.69, 9.17) is 0 Å². The van der Waals surface area contributed by atoms with Crippen molar-refractivity contribution in [2.75, 3.05) is 0 Å². The van der Waals surface area contributed by atoms with Crippen molar-refractivity contribution in [1.82, 2.24) is 0 Å². The summed E-state index contributed by atoms with van der Waals surface area (Å²) >= 11 is 0. The van der Waals surface area contributed by atoms with E-state index in [0.717, 1.165) is 0 Å². The maximum atomic E-state index is 2.20. The Kier molecular flexibility index (Phi) is 2.66. The molecule has 0 bridgehead atoms. The third kappa shape index (κ3) is 2.05. The Labute approximate surface area is 71.4 Å². The first-order valence-electron chi connectivity index (χ1n) is 3.91. The summed E-state index contributed by atoms with van der Waals surface area (Å²) in [7, 11) is 1.17. The Morgan fingerprint density at radius 1 is 1.09 bits per heavy atom. The highest BCUT2D eigenvalue weighted by Gasteiger charge is 1.93. The highest BCUT2D eigenvalue weighted by Crippen LogP contribution is 2.14. The van der Waals surface area contributed by atoms with Crippen molar-refractivity contribution in [1.29, 1.82) is 0 Å². The SMILES string of the molecule is CC([SiH3])=C(C)c1ccccc1. The van der Waals surface area contributed by atoms with Gasteiger partial charge < -0.3 is 0 Å². The Bertz CT molecular complexity index is 255. The first-order chi connectivity index (χ1) is 5.22. The number of allylic oxidation sites excluding steroid dienone is 2. The Morgan fingerprint density at radius 2 is 1.64 bits per heavy atom. The fraction of sp³-hybridized carbons (Fsp3) is 0.200. The first-order valence-corrected chi connectivity index (χ1v) is 4.91. The number of benzene rings is 1. The van der Waals surface area contributed by atoms with E-state index in [2.05, 4.69) is 44.2 Å². The van der Waals surface area contributed by atoms with Crippen LogP contribution >= 0.6 is 0 Å². The van der Waals surface area contributed by atoms with Crippen molar-refractivity contribution < 1.29 is 0 Å². The van der Waals surface area contributed by atoms with Gasteiger partial charge in [-0.05, 0) is 25.0 Å². The van der Waals surface area contributed by atoms with Gasteiger partial charge in [0, 0.05) is 10.2 Å². The maximum absolute atomic E-state index is 2.20. The number of rotatable bonds is 1. The molecule has 0 nitrogen and oxygen atoms in total. The molecule has 1 aromatic rings. The summed E-state index contributed by atoms with van der Waals surface area (Å²) in [6, 6.07) is 10.6. The molecule has 0 heterocycles. The molecule has 0 atom stereocenters. The van der Waals surface area contributed by atoms with Crippen LogP contribution in [0.5, 0.6) is 0 Å². The molecule has 0 amide bonds. The first kappa shape index (κ1) is 8.28. The standard InChI is InChI=1S/C10H14Si/c1-8(9(2)11)10-6-4-3-5-7-10/h3-7H,1-2,11H3. The minimum atomic E-state index is 1.17. The minimum absolute atomic E-state index is 1.17. The van der Waals surface area contributed by atoms with Crippen LogP contribution in [-0.2, 0) is 0 Å². The zero-order chi connectivity index (χ0) is 8.27. The lowest BCUT2D eigenvalue weighted by Crippen LogP contribution is -1.83. The van der Waals surface area contributed by atoms with Gasteiger partial charge in [-0.3, -0.25) is 0 Å². The van der Waals surface area contributed by atoms with Crippen LogP contribution in [0.2, 0.25) is 0 Å². The lowest BCUT2D eigenvalue weighted by molar-refractivity contribution is 1.52. The zero-order valence-electron chi connectivity index (χ0n) is 7.39. The molecular formula is C10H14Si. The molecular weight excluding hydrogens is 148 g/mol. The monoisotopic (exact) mass is 162 g/mol. The highest BCUT2D eigenvalue weighted by atomic mass is 28.1. The summed E-state index contributed by atoms with van der Waals surface area (Å²) in [5.74, 6) is 0. The van der Waals surface area contributed by atoms with Gasteiger partial charge >= 0.3 is 0 Å². The van der Waals surface area contributed by atoms with Crippen LogP contribution in [-0.4, -0.2) is 10.2 Å². The van der Waals surface area contributed by atoms with Crippen LogP contribution < -0.4 is 0 Å². The maximum Gasteiger partial charge on any atom is 0.0333 e. The fourth-order valence-electron chi connectivity index (χ4n) is 0.977. The molecule has 0 aliphatic heterocycles. The van der Waals surface area contributed by atoms with Crippen molar-refractivity contribution in [2.45, 2.75) is 13.8 Å². The summed E-state index contributed by atoms with van der Waals surface area (Å²) in [5.41, 5.74) is 2.80. The predicted octanol–water partition coefficient (Wildman–Crippen LogP) is 1.80. The molecule has 0 N–H and O–H groups in total. The molecule has 0 aromatic heterocycles. The van der Waals surface area contributed by atoms with Crippen LogP contribution in [0.3, 0.4) is 0 Å². The lowest BCUT2D eigenvalue weighted by atomic mass is 10.1. The van der Waals surface area contributed by atoms with Crippen molar-refractivity contribution in [2.24, 2.45) is 0 Å². The summed E-state index contributed by atoms with van der Waals surface area (Å²) in [6.45, 7) is 4.40. The van der Waals surface area contributed by atoms with Crippen molar-refractivity contribution in [3.8, 4) is 0 Å². The van der Waals surface area contributed by atoms with Crippen LogP contribution in [0.4, 0.5) is 0 Å². The van der Waals surface area contributed by atoms with Gasteiger partial charge in [-0.1, -0.05) is 35.5 Å². The molecule has 0 saturated heterocycles. The van der Waals surface area contributed by atoms with Crippen LogP contribution in [0.15, 0.2) is 35.5 Å². The van der Waals surface area contributed by atoms with Crippen LogP contribution in [0, 0.1) is 0 Å². The topological polar surface area (TPSA) is 0 Å². The van der Waals surface area contributed by atoms with Crippen LogP contribution in [0.1, 0.15) is 19.4 Å². The normalized spacial score (nSPS) is 12.9. The molecule has 0 aliphatic carbocycles. The second-order valence-corrected chi connectivity index (χ2v) is 4.49. The summed E-state index contributed by atoms with van der Waals surface area (Å²) in [6.07, 6.45) is 0. The van der Waals surface area contributed by atoms with Gasteiger partial charge in [0.15, 0.2) is 0 Å². The smallest absolute Gasteiger partial charge is 0.0333 e. The third-order valence-corrected chi connectivity index (χ3v) is 2.71. The average Bonchev–Trinajstić information content (AvgIpc) is 2.05. The van der Waals surface area contributed by atoms with Gasteiger partial charge in [-0.15, -0.1) is 0 Å². The molecule has 0 spiro atoms. The van der Waals surface area contributed by atoms with Crippen molar-refractivity contribution in [3.05, 3.63) is 41.1 Å². The molecule has 1 aromatic carbocycles. The molecule has 0 saturated carbocycles. The molecule has 58 valence electrons. The van der Waals surface area contributed by atoms with Gasteiger partial charge in [0.1, 0.15) is 0 Å². The molecule has 0 aliphatic rings. The minimum Gasteiger partial charge on any atom is -0.0914 e. The Hall–Kier alpha value is -0.823. The van der Waals surface area contributed by atoms with E-state index in [0.29, 0.717) is 0 Å². The Morgan fingerprint density at radius 3 is 2.09 bits per heavy atom. The fourth-order valence-corrected chi connectivity index (χ4v) is 1.27. The van der Waals surface area contributed by atoms with Gasteiger partial charge in [0.25, 0.3) is 0 Å². The summed E-state index contributed by atoms with van der Waals surface area (Å²) in [5, 5.41) is 1.52. The predicted molar refractivity (Wildman–Crippen MR) is 54.6 cm³/mol. The quantitative estimate of drug-likeness (QED) is 0.552. The van der Waals surface area contributed by atoms with Crippen LogP contribution in [0.25, 0.3) is 5.57 Å². The van der Waals surface area contributed by atoms with E-state index in [-0.39, 0.29) is 0 Å². The molecule has 11 heavy (non-hydrogen) atoms. The van der Waals surface area contributed by atoms with E-state index < -0.39 is 0 Å². The molecule has 1 heteroatoms. The molecule has 0 fully saturated rings. The summed E-state index contributed by atoms with van der Waals surface area (Å²) < 4.78 is 0. The Balaban J connectivity index is 3.04. The van der Waals surface area contributed by atoms with Crippen molar-refractivity contribution >= 4 is 15.8 Å². The van der Waals surface area contributed by atoms with E-state index in [1.807, 2.05) is 0 Å². The molecule has 0 unspecified atom stereocenters. The van der Waals surface area contributed by atoms with E-state index in [1.165, 1.54) is 26.6 Å². The van der Waals surface area contributed by atoms with Crippen molar-refractivity contribution in [3.63, 3.8) is 0 Å². The van der Waals surface area contributed by atoms with E-state index >= 15 is 0 Å². The second kappa shape index (κ2) is 3.53. The van der Waals surface area contributed by atoms with Gasteiger partial charge in [-0.2, -0.15) is 0 Å². The second-order valence-electron chi connectivity index (χ2n) is 2.99.